The van der Waals surface area contributed by atoms with Crippen LogP contribution in [0.1, 0.15) is 12.5 Å². The van der Waals surface area contributed by atoms with E-state index in [2.05, 4.69) is 17.3 Å². The first-order valence-corrected chi connectivity index (χ1v) is 5.68. The van der Waals surface area contributed by atoms with E-state index in [9.17, 15) is 0 Å². The van der Waals surface area contributed by atoms with E-state index in [1.165, 1.54) is 0 Å². The van der Waals surface area contributed by atoms with Gasteiger partial charge < -0.3 is 5.32 Å². The minimum atomic E-state index is 0.772. The quantitative estimate of drug-likeness (QED) is 0.883. The van der Waals surface area contributed by atoms with Crippen LogP contribution in [0.15, 0.2) is 36.7 Å². The molecule has 3 nitrogen and oxygen atoms in total. The smallest absolute Gasteiger partial charge is 0.0660 e. The Hall–Kier alpha value is -1.32. The molecule has 0 unspecified atom stereocenters. The number of nitrogens with one attached hydrogen (secondary N) is 1. The molecule has 0 aliphatic heterocycles. The Kier molecular flexibility index (Phi) is 3.59. The van der Waals surface area contributed by atoms with Crippen LogP contribution in [0.5, 0.6) is 0 Å². The fraction of sp³-hybridized carbons (Fsp3) is 0.250. The van der Waals surface area contributed by atoms with Crippen LogP contribution in [0.3, 0.4) is 0 Å². The normalized spacial score (nSPS) is 10.6. The summed E-state index contributed by atoms with van der Waals surface area (Å²) in [5, 5.41) is 8.19. The number of nitrogens with zero attached hydrogens (tertiary/aromatic N) is 2. The first kappa shape index (κ1) is 11.2. The molecule has 0 amide bonds. The summed E-state index contributed by atoms with van der Waals surface area (Å²) in [6, 6.07) is 7.87. The lowest BCUT2D eigenvalue weighted by Gasteiger charge is -2.07. The van der Waals surface area contributed by atoms with E-state index >= 15 is 0 Å². The Morgan fingerprint density at radius 3 is 2.94 bits per heavy atom. The Morgan fingerprint density at radius 2 is 2.31 bits per heavy atom. The van der Waals surface area contributed by atoms with Gasteiger partial charge in [0, 0.05) is 24.0 Å². The van der Waals surface area contributed by atoms with Crippen molar-refractivity contribution in [2.45, 2.75) is 13.5 Å². The maximum absolute atomic E-state index is 6.20. The van der Waals surface area contributed by atoms with E-state index in [1.54, 1.807) is 10.9 Å². The summed E-state index contributed by atoms with van der Waals surface area (Å²) in [5.74, 6) is 0. The highest BCUT2D eigenvalue weighted by Crippen LogP contribution is 2.19. The number of halogens is 1. The maximum Gasteiger partial charge on any atom is 0.0660 e. The molecule has 0 bridgehead atoms. The zero-order valence-electron chi connectivity index (χ0n) is 9.15. The lowest BCUT2D eigenvalue weighted by molar-refractivity contribution is 0.726. The monoisotopic (exact) mass is 235 g/mol. The molecule has 0 aliphatic rings. The summed E-state index contributed by atoms with van der Waals surface area (Å²) in [7, 11) is 0. The van der Waals surface area contributed by atoms with E-state index in [-0.39, 0.29) is 0 Å². The molecule has 84 valence electrons. The second kappa shape index (κ2) is 5.14. The average Bonchev–Trinajstić information content (AvgIpc) is 2.81. The number of hydrogen-bond donors (Lipinski definition) is 1. The third kappa shape index (κ3) is 2.43. The lowest BCUT2D eigenvalue weighted by atomic mass is 10.2. The fourth-order valence-corrected chi connectivity index (χ4v) is 1.74. The SMILES string of the molecule is CCNCc1ccc(-n2cccn2)cc1Cl. The van der Waals surface area contributed by atoms with E-state index in [0.29, 0.717) is 0 Å². The second-order valence-electron chi connectivity index (χ2n) is 3.51. The van der Waals surface area contributed by atoms with Crippen LogP contribution >= 0.6 is 11.6 Å². The average molecular weight is 236 g/mol. The summed E-state index contributed by atoms with van der Waals surface area (Å²) < 4.78 is 1.79. The molecule has 0 aliphatic carbocycles. The Bertz CT molecular complexity index is 451. The first-order chi connectivity index (χ1) is 7.81. The van der Waals surface area contributed by atoms with Gasteiger partial charge in [0.1, 0.15) is 0 Å². The molecule has 2 rings (SSSR count). The molecule has 0 fully saturated rings. The molecule has 0 atom stereocenters. The molecular formula is C12H14ClN3. The van der Waals surface area contributed by atoms with Gasteiger partial charge in [0.2, 0.25) is 0 Å². The van der Waals surface area contributed by atoms with Gasteiger partial charge in [-0.05, 0) is 30.3 Å². The predicted molar refractivity (Wildman–Crippen MR) is 66.0 cm³/mol. The minimum absolute atomic E-state index is 0.772. The predicted octanol–water partition coefficient (Wildman–Crippen LogP) is 2.64. The van der Waals surface area contributed by atoms with Crippen LogP contribution in [0.2, 0.25) is 5.02 Å². The summed E-state index contributed by atoms with van der Waals surface area (Å²) in [5.41, 5.74) is 2.09. The minimum Gasteiger partial charge on any atom is -0.313 e. The topological polar surface area (TPSA) is 29.9 Å². The Balaban J connectivity index is 2.23. The van der Waals surface area contributed by atoms with Gasteiger partial charge >= 0.3 is 0 Å². The van der Waals surface area contributed by atoms with Crippen molar-refractivity contribution in [3.63, 3.8) is 0 Å². The van der Waals surface area contributed by atoms with E-state index in [1.807, 2.05) is 30.5 Å². The van der Waals surface area contributed by atoms with Crippen molar-refractivity contribution in [3.8, 4) is 5.69 Å². The van der Waals surface area contributed by atoms with Crippen molar-refractivity contribution in [1.82, 2.24) is 15.1 Å². The molecule has 1 heterocycles. The highest BCUT2D eigenvalue weighted by molar-refractivity contribution is 6.31. The summed E-state index contributed by atoms with van der Waals surface area (Å²) >= 11 is 6.20. The second-order valence-corrected chi connectivity index (χ2v) is 3.91. The molecule has 4 heteroatoms. The number of aromatic nitrogens is 2. The van der Waals surface area contributed by atoms with Crippen molar-refractivity contribution >= 4 is 11.6 Å². The number of hydrogen-bond acceptors (Lipinski definition) is 2. The van der Waals surface area contributed by atoms with Crippen LogP contribution in [0.4, 0.5) is 0 Å². The molecule has 1 aromatic carbocycles. The van der Waals surface area contributed by atoms with Crippen LogP contribution < -0.4 is 5.32 Å². The van der Waals surface area contributed by atoms with Gasteiger partial charge in [-0.15, -0.1) is 0 Å². The largest absolute Gasteiger partial charge is 0.313 e. The number of rotatable bonds is 4. The Morgan fingerprint density at radius 1 is 1.44 bits per heavy atom. The molecule has 16 heavy (non-hydrogen) atoms. The van der Waals surface area contributed by atoms with Gasteiger partial charge in [-0.25, -0.2) is 4.68 Å². The lowest BCUT2D eigenvalue weighted by Crippen LogP contribution is -2.12. The van der Waals surface area contributed by atoms with E-state index in [4.69, 9.17) is 11.6 Å². The van der Waals surface area contributed by atoms with Crippen molar-refractivity contribution < 1.29 is 0 Å². The van der Waals surface area contributed by atoms with Crippen LogP contribution in [0.25, 0.3) is 5.69 Å². The first-order valence-electron chi connectivity index (χ1n) is 5.30. The van der Waals surface area contributed by atoms with E-state index < -0.39 is 0 Å². The van der Waals surface area contributed by atoms with Gasteiger partial charge in [-0.3, -0.25) is 0 Å². The van der Waals surface area contributed by atoms with E-state index in [0.717, 1.165) is 29.4 Å². The van der Waals surface area contributed by atoms with Gasteiger partial charge in [0.25, 0.3) is 0 Å². The van der Waals surface area contributed by atoms with Gasteiger partial charge in [0.05, 0.1) is 5.69 Å². The maximum atomic E-state index is 6.20. The van der Waals surface area contributed by atoms with Crippen LogP contribution in [-0.2, 0) is 6.54 Å². The highest BCUT2D eigenvalue weighted by Gasteiger charge is 2.02. The van der Waals surface area contributed by atoms with Gasteiger partial charge in [-0.1, -0.05) is 24.6 Å². The molecular weight excluding hydrogens is 222 g/mol. The third-order valence-electron chi connectivity index (χ3n) is 2.37. The summed E-state index contributed by atoms with van der Waals surface area (Å²) in [4.78, 5) is 0. The molecule has 0 radical (unpaired) electrons. The van der Waals surface area contributed by atoms with Gasteiger partial charge in [0.15, 0.2) is 0 Å². The third-order valence-corrected chi connectivity index (χ3v) is 2.72. The molecule has 2 aromatic rings. The molecule has 0 spiro atoms. The molecule has 1 N–H and O–H groups in total. The van der Waals surface area contributed by atoms with Crippen molar-refractivity contribution in [1.29, 1.82) is 0 Å². The zero-order valence-corrected chi connectivity index (χ0v) is 9.91. The van der Waals surface area contributed by atoms with Crippen molar-refractivity contribution in [2.75, 3.05) is 6.54 Å². The van der Waals surface area contributed by atoms with Crippen molar-refractivity contribution in [2.24, 2.45) is 0 Å². The zero-order chi connectivity index (χ0) is 11.4. The summed E-state index contributed by atoms with van der Waals surface area (Å²) in [6.07, 6.45) is 3.65. The molecule has 1 aromatic heterocycles. The highest BCUT2D eigenvalue weighted by atomic mass is 35.5. The fourth-order valence-electron chi connectivity index (χ4n) is 1.50. The van der Waals surface area contributed by atoms with Crippen LogP contribution in [0, 0.1) is 0 Å². The molecule has 0 saturated heterocycles. The van der Waals surface area contributed by atoms with Gasteiger partial charge in [-0.2, -0.15) is 5.10 Å². The standard InChI is InChI=1S/C12H14ClN3/c1-2-14-9-10-4-5-11(8-12(10)13)16-7-3-6-15-16/h3-8,14H,2,9H2,1H3. The van der Waals surface area contributed by atoms with Crippen molar-refractivity contribution in [3.05, 3.63) is 47.2 Å². The summed E-state index contributed by atoms with van der Waals surface area (Å²) in [6.45, 7) is 3.82. The number of benzene rings is 1. The molecule has 0 saturated carbocycles. The Labute approximate surface area is 100 Å². The van der Waals surface area contributed by atoms with Crippen LogP contribution in [-0.4, -0.2) is 16.3 Å².